The number of nitrogens with two attached hydrogens (primary N) is 1. The molecule has 0 aliphatic heterocycles. The van der Waals surface area contributed by atoms with Crippen molar-refractivity contribution in [2.45, 2.75) is 46.5 Å². The van der Waals surface area contributed by atoms with Crippen LogP contribution in [-0.2, 0) is 0 Å². The van der Waals surface area contributed by atoms with Crippen LogP contribution >= 0.6 is 0 Å². The van der Waals surface area contributed by atoms with Gasteiger partial charge in [0, 0.05) is 0 Å². The van der Waals surface area contributed by atoms with Crippen LogP contribution in [0.15, 0.2) is 0 Å². The second-order valence-electron chi connectivity index (χ2n) is 5.92. The van der Waals surface area contributed by atoms with E-state index in [-0.39, 0.29) is 0 Å². The molecule has 1 aliphatic carbocycles. The topological polar surface area (TPSA) is 38.0 Å². The van der Waals surface area contributed by atoms with Crippen molar-refractivity contribution in [3.05, 3.63) is 0 Å². The van der Waals surface area contributed by atoms with Gasteiger partial charge in [0.2, 0.25) is 0 Å². The zero-order valence-corrected chi connectivity index (χ0v) is 10.7. The molecular weight excluding hydrogens is 184 g/mol. The first-order chi connectivity index (χ1) is 7.06. The summed E-state index contributed by atoms with van der Waals surface area (Å²) >= 11 is 0. The van der Waals surface area contributed by atoms with Crippen LogP contribution in [0.3, 0.4) is 0 Å². The highest BCUT2D eigenvalue weighted by Gasteiger charge is 2.44. The van der Waals surface area contributed by atoms with E-state index in [1.807, 2.05) is 0 Å². The van der Waals surface area contributed by atoms with Gasteiger partial charge in [-0.15, -0.1) is 0 Å². The van der Waals surface area contributed by atoms with Crippen molar-refractivity contribution in [1.82, 2.24) is 5.32 Å². The molecule has 0 aromatic rings. The van der Waals surface area contributed by atoms with Crippen LogP contribution in [0, 0.1) is 17.3 Å². The van der Waals surface area contributed by atoms with E-state index in [1.54, 1.807) is 0 Å². The number of nitrogens with one attached hydrogen (secondary N) is 1. The second-order valence-corrected chi connectivity index (χ2v) is 5.92. The summed E-state index contributed by atoms with van der Waals surface area (Å²) < 4.78 is 0. The molecule has 0 amide bonds. The van der Waals surface area contributed by atoms with Crippen LogP contribution < -0.4 is 11.1 Å². The summed E-state index contributed by atoms with van der Waals surface area (Å²) in [5.41, 5.74) is 6.15. The third-order valence-electron chi connectivity index (χ3n) is 3.82. The average molecular weight is 212 g/mol. The van der Waals surface area contributed by atoms with Crippen molar-refractivity contribution < 1.29 is 0 Å². The molecule has 0 radical (unpaired) electrons. The van der Waals surface area contributed by atoms with E-state index < -0.39 is 0 Å². The van der Waals surface area contributed by atoms with Crippen molar-refractivity contribution in [1.29, 1.82) is 0 Å². The van der Waals surface area contributed by atoms with Crippen molar-refractivity contribution in [2.75, 3.05) is 19.6 Å². The molecule has 2 unspecified atom stereocenters. The Morgan fingerprint density at radius 2 is 2.07 bits per heavy atom. The van der Waals surface area contributed by atoms with Gasteiger partial charge in [0.05, 0.1) is 0 Å². The Morgan fingerprint density at radius 3 is 2.60 bits per heavy atom. The lowest BCUT2D eigenvalue weighted by molar-refractivity contribution is 0.457. The lowest BCUT2D eigenvalue weighted by Gasteiger charge is -2.10. The van der Waals surface area contributed by atoms with Crippen LogP contribution in [0.1, 0.15) is 46.5 Å². The first-order valence-corrected chi connectivity index (χ1v) is 6.47. The van der Waals surface area contributed by atoms with Gasteiger partial charge < -0.3 is 11.1 Å². The van der Waals surface area contributed by atoms with E-state index >= 15 is 0 Å². The molecule has 0 spiro atoms. The van der Waals surface area contributed by atoms with E-state index in [0.29, 0.717) is 5.41 Å². The molecule has 1 aliphatic rings. The Hall–Kier alpha value is -0.0800. The first kappa shape index (κ1) is 13.0. The minimum atomic E-state index is 0.625. The molecule has 0 bridgehead atoms. The van der Waals surface area contributed by atoms with Crippen LogP contribution in [-0.4, -0.2) is 19.6 Å². The highest BCUT2D eigenvalue weighted by Crippen LogP contribution is 2.50. The molecule has 0 saturated heterocycles. The minimum absolute atomic E-state index is 0.625. The van der Waals surface area contributed by atoms with Gasteiger partial charge in [-0.3, -0.25) is 0 Å². The minimum Gasteiger partial charge on any atom is -0.330 e. The molecule has 15 heavy (non-hydrogen) atoms. The van der Waals surface area contributed by atoms with Gasteiger partial charge in [-0.05, 0) is 62.6 Å². The van der Waals surface area contributed by atoms with Crippen molar-refractivity contribution in [3.8, 4) is 0 Å². The molecule has 2 nitrogen and oxygen atoms in total. The van der Waals surface area contributed by atoms with Crippen molar-refractivity contribution >= 4 is 0 Å². The molecule has 90 valence electrons. The van der Waals surface area contributed by atoms with Gasteiger partial charge in [-0.25, -0.2) is 0 Å². The Morgan fingerprint density at radius 1 is 1.40 bits per heavy atom. The second kappa shape index (κ2) is 5.86. The Bertz CT molecular complexity index is 177. The monoisotopic (exact) mass is 212 g/mol. The maximum Gasteiger partial charge on any atom is -0.00152 e. The predicted molar refractivity (Wildman–Crippen MR) is 66.8 cm³/mol. The predicted octanol–water partition coefficient (Wildman–Crippen LogP) is 2.39. The molecule has 1 fully saturated rings. The molecule has 0 aromatic heterocycles. The van der Waals surface area contributed by atoms with E-state index in [1.165, 1.54) is 38.8 Å². The summed E-state index contributed by atoms with van der Waals surface area (Å²) in [7, 11) is 0. The van der Waals surface area contributed by atoms with Gasteiger partial charge in [-0.2, -0.15) is 0 Å². The molecule has 0 heterocycles. The van der Waals surface area contributed by atoms with Gasteiger partial charge in [0.1, 0.15) is 0 Å². The Labute approximate surface area is 95.0 Å². The highest BCUT2D eigenvalue weighted by molar-refractivity contribution is 4.95. The summed E-state index contributed by atoms with van der Waals surface area (Å²) in [6.07, 6.45) is 5.20. The summed E-state index contributed by atoms with van der Waals surface area (Å²) in [4.78, 5) is 0. The van der Waals surface area contributed by atoms with Gasteiger partial charge in [0.15, 0.2) is 0 Å². The molecule has 1 rings (SSSR count). The maximum atomic E-state index is 5.52. The van der Waals surface area contributed by atoms with Gasteiger partial charge in [-0.1, -0.05) is 20.8 Å². The summed E-state index contributed by atoms with van der Waals surface area (Å²) in [6.45, 7) is 10.3. The van der Waals surface area contributed by atoms with Crippen molar-refractivity contribution in [3.63, 3.8) is 0 Å². The summed E-state index contributed by atoms with van der Waals surface area (Å²) in [5.74, 6) is 1.73. The van der Waals surface area contributed by atoms with Crippen LogP contribution in [0.4, 0.5) is 0 Å². The molecule has 0 aromatic carbocycles. The first-order valence-electron chi connectivity index (χ1n) is 6.47. The lowest BCUT2D eigenvalue weighted by Crippen LogP contribution is -2.20. The van der Waals surface area contributed by atoms with E-state index in [0.717, 1.165) is 18.4 Å². The van der Waals surface area contributed by atoms with Gasteiger partial charge >= 0.3 is 0 Å². The number of hydrogen-bond donors (Lipinski definition) is 2. The average Bonchev–Trinajstić information content (AvgIpc) is 2.74. The Balaban J connectivity index is 1.86. The summed E-state index contributed by atoms with van der Waals surface area (Å²) in [5, 5.41) is 3.57. The molecule has 2 heteroatoms. The van der Waals surface area contributed by atoms with Crippen LogP contribution in [0.2, 0.25) is 0 Å². The summed E-state index contributed by atoms with van der Waals surface area (Å²) in [6, 6.07) is 0. The molecular formula is C13H28N2. The van der Waals surface area contributed by atoms with Crippen LogP contribution in [0.5, 0.6) is 0 Å². The zero-order valence-electron chi connectivity index (χ0n) is 10.7. The largest absolute Gasteiger partial charge is 0.330 e. The lowest BCUT2D eigenvalue weighted by atomic mass is 10.0. The van der Waals surface area contributed by atoms with E-state index in [9.17, 15) is 0 Å². The fraction of sp³-hybridized carbons (Fsp3) is 1.00. The quantitative estimate of drug-likeness (QED) is 0.606. The highest BCUT2D eigenvalue weighted by atomic mass is 14.9. The maximum absolute atomic E-state index is 5.52. The van der Waals surface area contributed by atoms with E-state index in [2.05, 4.69) is 26.1 Å². The number of rotatable bonds is 8. The molecule has 3 N–H and O–H groups in total. The third kappa shape index (κ3) is 4.98. The standard InChI is InChI=1S/C13H28N2/c1-11(6-7-14)5-4-8-15-10-12-9-13(12,2)3/h11-12,15H,4-10,14H2,1-3H3. The van der Waals surface area contributed by atoms with Crippen molar-refractivity contribution in [2.24, 2.45) is 23.0 Å². The zero-order chi connectivity index (χ0) is 11.3. The number of hydrogen-bond acceptors (Lipinski definition) is 2. The van der Waals surface area contributed by atoms with Gasteiger partial charge in [0.25, 0.3) is 0 Å². The Kier molecular flexibility index (Phi) is 5.07. The molecule has 1 saturated carbocycles. The smallest absolute Gasteiger partial charge is 0.00152 e. The van der Waals surface area contributed by atoms with E-state index in [4.69, 9.17) is 5.73 Å². The normalized spacial score (nSPS) is 25.2. The fourth-order valence-electron chi connectivity index (χ4n) is 2.21. The third-order valence-corrected chi connectivity index (χ3v) is 3.82. The SMILES string of the molecule is CC(CCN)CCCNCC1CC1(C)C. The van der Waals surface area contributed by atoms with Crippen LogP contribution in [0.25, 0.3) is 0 Å². The fourth-order valence-corrected chi connectivity index (χ4v) is 2.21. The molecule has 2 atom stereocenters.